The van der Waals surface area contributed by atoms with Crippen LogP contribution in [0.5, 0.6) is 0 Å². The van der Waals surface area contributed by atoms with Crippen molar-refractivity contribution in [3.05, 3.63) is 23.8 Å². The summed E-state index contributed by atoms with van der Waals surface area (Å²) >= 11 is 0. The lowest BCUT2D eigenvalue weighted by Crippen LogP contribution is -2.14. The highest BCUT2D eigenvalue weighted by atomic mass is 16.5. The highest BCUT2D eigenvalue weighted by molar-refractivity contribution is 5.85. The maximum atomic E-state index is 11.2. The van der Waals surface area contributed by atoms with Gasteiger partial charge in [0.15, 0.2) is 0 Å². The molecule has 0 N–H and O–H groups in total. The second-order valence-electron chi connectivity index (χ2n) is 3.04. The van der Waals surface area contributed by atoms with Gasteiger partial charge in [-0.3, -0.25) is 0 Å². The molecule has 0 fully saturated rings. The number of hydrogen-bond donors (Lipinski definition) is 0. The zero-order valence-electron chi connectivity index (χ0n) is 7.94. The number of aryl methyl sites for hydroxylation is 1. The standard InChI is InChI=1S/C9H12N2O2/c1-6(2)13-9(12)8-10-4-7(3)5-11-8/h4-6H,1-3H3. The largest absolute Gasteiger partial charge is 0.457 e. The molecule has 1 heterocycles. The summed E-state index contributed by atoms with van der Waals surface area (Å²) in [4.78, 5) is 18.9. The maximum absolute atomic E-state index is 11.2. The van der Waals surface area contributed by atoms with E-state index >= 15 is 0 Å². The van der Waals surface area contributed by atoms with E-state index in [0.717, 1.165) is 5.56 Å². The smallest absolute Gasteiger partial charge is 0.376 e. The lowest BCUT2D eigenvalue weighted by atomic mass is 10.4. The number of esters is 1. The molecule has 4 heteroatoms. The SMILES string of the molecule is Cc1cnc(C(=O)OC(C)C)nc1. The Balaban J connectivity index is 2.72. The summed E-state index contributed by atoms with van der Waals surface area (Å²) < 4.78 is 4.91. The van der Waals surface area contributed by atoms with Gasteiger partial charge in [-0.1, -0.05) is 0 Å². The molecule has 0 unspecified atom stereocenters. The zero-order chi connectivity index (χ0) is 9.84. The van der Waals surface area contributed by atoms with Gasteiger partial charge >= 0.3 is 5.97 Å². The van der Waals surface area contributed by atoms with Gasteiger partial charge in [0.05, 0.1) is 6.10 Å². The Bertz CT molecular complexity index is 293. The van der Waals surface area contributed by atoms with Crippen molar-refractivity contribution >= 4 is 5.97 Å². The van der Waals surface area contributed by atoms with Gasteiger partial charge in [0.2, 0.25) is 5.82 Å². The average molecular weight is 180 g/mol. The van der Waals surface area contributed by atoms with Crippen LogP contribution in [-0.2, 0) is 4.74 Å². The molecule has 1 rings (SSSR count). The van der Waals surface area contributed by atoms with Gasteiger partial charge in [-0.15, -0.1) is 0 Å². The van der Waals surface area contributed by atoms with Crippen molar-refractivity contribution in [2.45, 2.75) is 26.9 Å². The number of carbonyl (C=O) groups excluding carboxylic acids is 1. The Labute approximate surface area is 77.0 Å². The van der Waals surface area contributed by atoms with E-state index in [1.54, 1.807) is 26.2 Å². The summed E-state index contributed by atoms with van der Waals surface area (Å²) in [7, 11) is 0. The number of nitrogens with zero attached hydrogens (tertiary/aromatic N) is 2. The number of rotatable bonds is 2. The van der Waals surface area contributed by atoms with E-state index in [0.29, 0.717) is 0 Å². The summed E-state index contributed by atoms with van der Waals surface area (Å²) in [5, 5.41) is 0. The molecule has 0 aliphatic rings. The summed E-state index contributed by atoms with van der Waals surface area (Å²) in [6, 6.07) is 0. The molecule has 13 heavy (non-hydrogen) atoms. The van der Waals surface area contributed by atoms with Gasteiger partial charge in [0.25, 0.3) is 0 Å². The number of aromatic nitrogens is 2. The van der Waals surface area contributed by atoms with Crippen LogP contribution in [0.3, 0.4) is 0 Å². The van der Waals surface area contributed by atoms with Crippen LogP contribution >= 0.6 is 0 Å². The minimum Gasteiger partial charge on any atom is -0.457 e. The molecule has 0 aliphatic heterocycles. The molecule has 0 bridgehead atoms. The van der Waals surface area contributed by atoms with Crippen molar-refractivity contribution in [2.24, 2.45) is 0 Å². The molecule has 0 aromatic carbocycles. The van der Waals surface area contributed by atoms with Crippen molar-refractivity contribution in [3.63, 3.8) is 0 Å². The maximum Gasteiger partial charge on any atom is 0.376 e. The van der Waals surface area contributed by atoms with Gasteiger partial charge in [-0.05, 0) is 26.3 Å². The van der Waals surface area contributed by atoms with Gasteiger partial charge in [-0.2, -0.15) is 0 Å². The van der Waals surface area contributed by atoms with E-state index < -0.39 is 5.97 Å². The van der Waals surface area contributed by atoms with E-state index in [2.05, 4.69) is 9.97 Å². The lowest BCUT2D eigenvalue weighted by molar-refractivity contribution is 0.0363. The first kappa shape index (κ1) is 9.64. The molecule has 0 saturated heterocycles. The molecule has 0 atom stereocenters. The molecule has 70 valence electrons. The van der Waals surface area contributed by atoms with Gasteiger partial charge in [0.1, 0.15) is 0 Å². The molecule has 0 radical (unpaired) electrons. The van der Waals surface area contributed by atoms with Gasteiger partial charge in [-0.25, -0.2) is 14.8 Å². The first-order chi connectivity index (χ1) is 6.09. The van der Waals surface area contributed by atoms with E-state index in [9.17, 15) is 4.79 Å². The zero-order valence-corrected chi connectivity index (χ0v) is 7.94. The fraction of sp³-hybridized carbons (Fsp3) is 0.444. The molecule has 1 aromatic heterocycles. The highest BCUT2D eigenvalue weighted by Gasteiger charge is 2.11. The Kier molecular flexibility index (Phi) is 2.95. The topological polar surface area (TPSA) is 52.1 Å². The molecule has 0 aliphatic carbocycles. The van der Waals surface area contributed by atoms with Crippen molar-refractivity contribution in [3.8, 4) is 0 Å². The fourth-order valence-electron chi connectivity index (χ4n) is 0.765. The van der Waals surface area contributed by atoms with Gasteiger partial charge < -0.3 is 4.74 Å². The highest BCUT2D eigenvalue weighted by Crippen LogP contribution is 1.98. The molecular weight excluding hydrogens is 168 g/mol. The van der Waals surface area contributed by atoms with E-state index in [4.69, 9.17) is 4.74 Å². The van der Waals surface area contributed by atoms with Crippen molar-refractivity contribution < 1.29 is 9.53 Å². The molecule has 0 saturated carbocycles. The Morgan fingerprint density at radius 1 is 1.38 bits per heavy atom. The second kappa shape index (κ2) is 3.98. The third-order valence-electron chi connectivity index (χ3n) is 1.31. The van der Waals surface area contributed by atoms with Crippen LogP contribution in [-0.4, -0.2) is 22.0 Å². The number of carbonyl (C=O) groups is 1. The summed E-state index contributed by atoms with van der Waals surface area (Å²) in [5.41, 5.74) is 0.918. The normalized spacial score (nSPS) is 10.2. The van der Waals surface area contributed by atoms with Crippen LogP contribution in [0, 0.1) is 6.92 Å². The number of hydrogen-bond acceptors (Lipinski definition) is 4. The first-order valence-corrected chi connectivity index (χ1v) is 4.09. The van der Waals surface area contributed by atoms with E-state index in [1.165, 1.54) is 0 Å². The quantitative estimate of drug-likeness (QED) is 0.644. The lowest BCUT2D eigenvalue weighted by Gasteiger charge is -2.05. The van der Waals surface area contributed by atoms with Crippen molar-refractivity contribution in [1.29, 1.82) is 0 Å². The molecular formula is C9H12N2O2. The van der Waals surface area contributed by atoms with Crippen LogP contribution in [0.2, 0.25) is 0 Å². The van der Waals surface area contributed by atoms with Gasteiger partial charge in [0, 0.05) is 12.4 Å². The van der Waals surface area contributed by atoms with Crippen LogP contribution in [0.15, 0.2) is 12.4 Å². The van der Waals surface area contributed by atoms with E-state index in [-0.39, 0.29) is 11.9 Å². The summed E-state index contributed by atoms with van der Waals surface area (Å²) in [6.45, 7) is 5.43. The predicted octanol–water partition coefficient (Wildman–Crippen LogP) is 1.35. The Morgan fingerprint density at radius 3 is 2.38 bits per heavy atom. The van der Waals surface area contributed by atoms with Crippen molar-refractivity contribution in [1.82, 2.24) is 9.97 Å². The Morgan fingerprint density at radius 2 is 1.92 bits per heavy atom. The van der Waals surface area contributed by atoms with Crippen LogP contribution in [0.1, 0.15) is 30.0 Å². The molecule has 0 spiro atoms. The Hall–Kier alpha value is -1.45. The van der Waals surface area contributed by atoms with Crippen molar-refractivity contribution in [2.75, 3.05) is 0 Å². The van der Waals surface area contributed by atoms with Crippen LogP contribution < -0.4 is 0 Å². The van der Waals surface area contributed by atoms with E-state index in [1.807, 2.05) is 6.92 Å². The average Bonchev–Trinajstić information content (AvgIpc) is 2.04. The summed E-state index contributed by atoms with van der Waals surface area (Å²) in [5.74, 6) is -0.366. The first-order valence-electron chi connectivity index (χ1n) is 4.09. The molecule has 4 nitrogen and oxygen atoms in total. The second-order valence-corrected chi connectivity index (χ2v) is 3.04. The molecule has 1 aromatic rings. The third-order valence-corrected chi connectivity index (χ3v) is 1.31. The fourth-order valence-corrected chi connectivity index (χ4v) is 0.765. The third kappa shape index (κ3) is 2.82. The van der Waals surface area contributed by atoms with Crippen LogP contribution in [0.25, 0.3) is 0 Å². The number of ether oxygens (including phenoxy) is 1. The summed E-state index contributed by atoms with van der Waals surface area (Å²) in [6.07, 6.45) is 3.03. The predicted molar refractivity (Wildman–Crippen MR) is 47.3 cm³/mol. The molecule has 0 amide bonds. The monoisotopic (exact) mass is 180 g/mol. The van der Waals surface area contributed by atoms with Crippen LogP contribution in [0.4, 0.5) is 0 Å². The minimum absolute atomic E-state index is 0.110. The minimum atomic E-state index is -0.477.